The first kappa shape index (κ1) is 16.0. The third-order valence-corrected chi connectivity index (χ3v) is 6.55. The zero-order valence-electron chi connectivity index (χ0n) is 16.4. The van der Waals surface area contributed by atoms with E-state index in [9.17, 15) is 0 Å². The first-order valence-corrected chi connectivity index (χ1v) is 10.5. The Morgan fingerprint density at radius 2 is 0.700 bits per heavy atom. The maximum absolute atomic E-state index is 2.38. The van der Waals surface area contributed by atoms with Crippen LogP contribution in [0.2, 0.25) is 0 Å². The van der Waals surface area contributed by atoms with Gasteiger partial charge in [0.2, 0.25) is 0 Å². The first-order valence-electron chi connectivity index (χ1n) is 10.5. The molecule has 7 rings (SSSR count). The Kier molecular flexibility index (Phi) is 3.09. The number of fused-ring (bicyclic) bond motifs is 10. The van der Waals surface area contributed by atoms with Gasteiger partial charge in [0.05, 0.1) is 0 Å². The van der Waals surface area contributed by atoms with E-state index in [1.807, 2.05) is 0 Å². The Morgan fingerprint density at radius 3 is 1.30 bits per heavy atom. The number of hydrogen-bond donors (Lipinski definition) is 0. The van der Waals surface area contributed by atoms with E-state index in [2.05, 4.69) is 109 Å². The lowest BCUT2D eigenvalue weighted by Gasteiger charge is -2.15. The molecule has 138 valence electrons. The van der Waals surface area contributed by atoms with Gasteiger partial charge in [0.15, 0.2) is 0 Å². The molecule has 0 atom stereocenters. The van der Waals surface area contributed by atoms with E-state index in [-0.39, 0.29) is 0 Å². The summed E-state index contributed by atoms with van der Waals surface area (Å²) >= 11 is 0. The van der Waals surface area contributed by atoms with Crippen LogP contribution in [0.4, 0.5) is 0 Å². The third kappa shape index (κ3) is 2.11. The van der Waals surface area contributed by atoms with Crippen molar-refractivity contribution in [2.75, 3.05) is 0 Å². The van der Waals surface area contributed by atoms with Gasteiger partial charge in [-0.3, -0.25) is 0 Å². The van der Waals surface area contributed by atoms with E-state index in [1.165, 1.54) is 64.6 Å². The second-order valence-electron chi connectivity index (χ2n) is 8.20. The normalized spacial score (nSPS) is 12.0. The van der Waals surface area contributed by atoms with E-state index in [4.69, 9.17) is 0 Å². The molecule has 0 heteroatoms. The van der Waals surface area contributed by atoms with Crippen LogP contribution in [-0.2, 0) is 0 Å². The molecule has 0 aliphatic heterocycles. The molecule has 0 amide bonds. The van der Waals surface area contributed by atoms with E-state index in [0.717, 1.165) is 0 Å². The minimum Gasteiger partial charge on any atom is -0.0616 e. The molecule has 0 unspecified atom stereocenters. The highest BCUT2D eigenvalue weighted by atomic mass is 14.2. The summed E-state index contributed by atoms with van der Waals surface area (Å²) in [5.41, 5.74) is 0. The topological polar surface area (TPSA) is 0 Å². The van der Waals surface area contributed by atoms with Crippen molar-refractivity contribution in [1.82, 2.24) is 0 Å². The van der Waals surface area contributed by atoms with Gasteiger partial charge in [-0.1, -0.05) is 84.9 Å². The lowest BCUT2D eigenvalue weighted by molar-refractivity contribution is 1.78. The molecule has 0 saturated heterocycles. The van der Waals surface area contributed by atoms with E-state index in [1.54, 1.807) is 0 Å². The Labute approximate surface area is 174 Å². The van der Waals surface area contributed by atoms with Gasteiger partial charge in [-0.05, 0) is 88.9 Å². The van der Waals surface area contributed by atoms with Crippen molar-refractivity contribution in [2.24, 2.45) is 0 Å². The summed E-state index contributed by atoms with van der Waals surface area (Å²) in [6, 6.07) is 40.2. The Morgan fingerprint density at radius 1 is 0.267 bits per heavy atom. The van der Waals surface area contributed by atoms with Crippen LogP contribution in [-0.4, -0.2) is 0 Å². The molecule has 7 aromatic carbocycles. The molecular formula is C30H18. The minimum atomic E-state index is 1.29. The molecule has 30 heavy (non-hydrogen) atoms. The van der Waals surface area contributed by atoms with Crippen molar-refractivity contribution in [2.45, 2.75) is 0 Å². The van der Waals surface area contributed by atoms with E-state index in [0.29, 0.717) is 0 Å². The molecule has 0 aromatic heterocycles. The van der Waals surface area contributed by atoms with Crippen LogP contribution in [0, 0.1) is 0 Å². The highest BCUT2D eigenvalue weighted by molar-refractivity contribution is 6.33. The van der Waals surface area contributed by atoms with Gasteiger partial charge in [0.1, 0.15) is 0 Å². The highest BCUT2D eigenvalue weighted by Gasteiger charge is 2.13. The molecule has 0 aliphatic rings. The maximum atomic E-state index is 2.38. The van der Waals surface area contributed by atoms with Crippen LogP contribution in [0.1, 0.15) is 0 Å². The molecule has 0 nitrogen and oxygen atoms in total. The number of benzene rings is 7. The summed E-state index contributed by atoms with van der Waals surface area (Å²) < 4.78 is 0. The third-order valence-electron chi connectivity index (χ3n) is 6.55. The monoisotopic (exact) mass is 378 g/mol. The van der Waals surface area contributed by atoms with Crippen molar-refractivity contribution in [1.29, 1.82) is 0 Å². The molecule has 7 aromatic rings. The molecule has 0 aliphatic carbocycles. The molecule has 0 spiro atoms. The first-order chi connectivity index (χ1) is 14.9. The van der Waals surface area contributed by atoms with Crippen molar-refractivity contribution in [3.05, 3.63) is 109 Å². The van der Waals surface area contributed by atoms with Gasteiger partial charge in [0, 0.05) is 0 Å². The van der Waals surface area contributed by atoms with E-state index < -0.39 is 0 Å². The van der Waals surface area contributed by atoms with Crippen LogP contribution in [0.15, 0.2) is 109 Å². The fourth-order valence-electron chi connectivity index (χ4n) is 5.14. The van der Waals surface area contributed by atoms with Crippen molar-refractivity contribution < 1.29 is 0 Å². The molecule has 0 heterocycles. The Balaban J connectivity index is 1.86. The average molecular weight is 378 g/mol. The summed E-state index contributed by atoms with van der Waals surface area (Å²) in [6.07, 6.45) is 0. The van der Waals surface area contributed by atoms with Crippen LogP contribution in [0.25, 0.3) is 64.6 Å². The standard InChI is InChI=1S/C30H18/c1-2-9-21-16-27-26(15-20(21)8-1)25-14-13-19-7-5-6-12-24(19)30(25)29-18-23-11-4-3-10-22(23)17-28(27)29/h1-18H. The van der Waals surface area contributed by atoms with Gasteiger partial charge in [-0.2, -0.15) is 0 Å². The van der Waals surface area contributed by atoms with Gasteiger partial charge in [-0.25, -0.2) is 0 Å². The summed E-state index contributed by atoms with van der Waals surface area (Å²) in [4.78, 5) is 0. The van der Waals surface area contributed by atoms with Gasteiger partial charge < -0.3 is 0 Å². The molecule has 0 fully saturated rings. The average Bonchev–Trinajstić information content (AvgIpc) is 2.81. The van der Waals surface area contributed by atoms with Crippen molar-refractivity contribution >= 4 is 64.6 Å². The summed E-state index contributed by atoms with van der Waals surface area (Å²) in [6.45, 7) is 0. The zero-order chi connectivity index (χ0) is 19.7. The summed E-state index contributed by atoms with van der Waals surface area (Å²) in [7, 11) is 0. The molecule has 0 saturated carbocycles. The lowest BCUT2D eigenvalue weighted by atomic mass is 9.88. The van der Waals surface area contributed by atoms with E-state index >= 15 is 0 Å². The number of hydrogen-bond acceptors (Lipinski definition) is 0. The summed E-state index contributed by atoms with van der Waals surface area (Å²) in [5, 5.41) is 15.8. The second-order valence-corrected chi connectivity index (χ2v) is 8.20. The molecule has 0 N–H and O–H groups in total. The predicted molar refractivity (Wildman–Crippen MR) is 131 cm³/mol. The smallest absolute Gasteiger partial charge is 0.00201 e. The summed E-state index contributed by atoms with van der Waals surface area (Å²) in [5.74, 6) is 0. The van der Waals surface area contributed by atoms with Crippen LogP contribution >= 0.6 is 0 Å². The Hall–Kier alpha value is -3.90. The second kappa shape index (κ2) is 5.81. The fraction of sp³-hybridized carbons (Fsp3) is 0. The van der Waals surface area contributed by atoms with Gasteiger partial charge >= 0.3 is 0 Å². The van der Waals surface area contributed by atoms with Crippen LogP contribution in [0.3, 0.4) is 0 Å². The van der Waals surface area contributed by atoms with Gasteiger partial charge in [0.25, 0.3) is 0 Å². The maximum Gasteiger partial charge on any atom is -0.00201 e. The predicted octanol–water partition coefficient (Wildman–Crippen LogP) is 8.61. The molecule has 0 radical (unpaired) electrons. The highest BCUT2D eigenvalue weighted by Crippen LogP contribution is 2.41. The quantitative estimate of drug-likeness (QED) is 0.183. The zero-order valence-corrected chi connectivity index (χ0v) is 16.4. The number of rotatable bonds is 0. The fourth-order valence-corrected chi connectivity index (χ4v) is 5.14. The van der Waals surface area contributed by atoms with Crippen molar-refractivity contribution in [3.63, 3.8) is 0 Å². The SMILES string of the molecule is c1ccc2cc3c(cc2c1)c1cc2ccccc2cc1c1c2ccccc2ccc31. The largest absolute Gasteiger partial charge is 0.0616 e. The van der Waals surface area contributed by atoms with Crippen molar-refractivity contribution in [3.8, 4) is 0 Å². The van der Waals surface area contributed by atoms with Gasteiger partial charge in [-0.15, -0.1) is 0 Å². The molecular weight excluding hydrogens is 360 g/mol. The molecule has 0 bridgehead atoms. The Bertz CT molecular complexity index is 1740. The van der Waals surface area contributed by atoms with Crippen LogP contribution in [0.5, 0.6) is 0 Å². The van der Waals surface area contributed by atoms with Crippen LogP contribution < -0.4 is 0 Å². The minimum absolute atomic E-state index is 1.29. The lowest BCUT2D eigenvalue weighted by Crippen LogP contribution is -1.87.